The van der Waals surface area contributed by atoms with Gasteiger partial charge >= 0.3 is 0 Å². The average molecular weight is 412 g/mol. The number of nitrogens with one attached hydrogen (secondary N) is 1. The van der Waals surface area contributed by atoms with Crippen molar-refractivity contribution < 1.29 is 8.42 Å². The van der Waals surface area contributed by atoms with E-state index in [1.165, 1.54) is 23.5 Å². The summed E-state index contributed by atoms with van der Waals surface area (Å²) < 4.78 is 27.6. The lowest BCUT2D eigenvalue weighted by Gasteiger charge is -2.15. The molecule has 1 aromatic heterocycles. The number of halogens is 3. The summed E-state index contributed by atoms with van der Waals surface area (Å²) in [7, 11) is -3.87. The van der Waals surface area contributed by atoms with Crippen LogP contribution in [0.4, 0.5) is 5.13 Å². The van der Waals surface area contributed by atoms with Gasteiger partial charge in [-0.05, 0) is 37.3 Å². The molecule has 0 spiro atoms. The van der Waals surface area contributed by atoms with Crippen molar-refractivity contribution in [2.24, 2.45) is 5.92 Å². The number of rotatable bonds is 3. The highest BCUT2D eigenvalue weighted by Crippen LogP contribution is 2.35. The molecule has 1 aromatic carbocycles. The highest BCUT2D eigenvalue weighted by molar-refractivity contribution is 7.93. The molecule has 1 unspecified atom stereocenters. The van der Waals surface area contributed by atoms with E-state index in [2.05, 4.69) is 16.6 Å². The standard InChI is InChI=1S/C14H13Cl3N2O2S2/c1-7-2-3-11-12(4-7)22-14(18-11)19-23(20,21)13-6-9(16)8(15)5-10(13)17/h5-7H,2-4H2,1H3,(H,18,19). The lowest BCUT2D eigenvalue weighted by atomic mass is 9.93. The number of fused-ring (bicyclic) bond motifs is 1. The lowest BCUT2D eigenvalue weighted by molar-refractivity contribution is 0.502. The Morgan fingerprint density at radius 2 is 1.91 bits per heavy atom. The van der Waals surface area contributed by atoms with E-state index in [9.17, 15) is 8.42 Å². The highest BCUT2D eigenvalue weighted by Gasteiger charge is 2.24. The number of hydrogen-bond donors (Lipinski definition) is 1. The van der Waals surface area contributed by atoms with Gasteiger partial charge in [-0.3, -0.25) is 4.72 Å². The molecule has 4 nitrogen and oxygen atoms in total. The molecule has 1 aliphatic carbocycles. The van der Waals surface area contributed by atoms with Crippen molar-refractivity contribution in [1.29, 1.82) is 0 Å². The van der Waals surface area contributed by atoms with Gasteiger partial charge in [0.2, 0.25) is 0 Å². The molecule has 1 heterocycles. The van der Waals surface area contributed by atoms with Crippen molar-refractivity contribution in [3.05, 3.63) is 37.8 Å². The van der Waals surface area contributed by atoms with Gasteiger partial charge in [0.15, 0.2) is 5.13 Å². The van der Waals surface area contributed by atoms with E-state index in [0.29, 0.717) is 11.0 Å². The number of aromatic nitrogens is 1. The quantitative estimate of drug-likeness (QED) is 0.721. The Morgan fingerprint density at radius 3 is 2.65 bits per heavy atom. The third-order valence-electron chi connectivity index (χ3n) is 3.67. The number of hydrogen-bond acceptors (Lipinski definition) is 4. The van der Waals surface area contributed by atoms with Crippen molar-refractivity contribution >= 4 is 61.3 Å². The van der Waals surface area contributed by atoms with Crippen LogP contribution in [0.25, 0.3) is 0 Å². The topological polar surface area (TPSA) is 59.1 Å². The highest BCUT2D eigenvalue weighted by atomic mass is 35.5. The number of aryl methyl sites for hydroxylation is 1. The largest absolute Gasteiger partial charge is 0.265 e. The summed E-state index contributed by atoms with van der Waals surface area (Å²) in [5, 5.41) is 0.700. The molecule has 124 valence electrons. The second-order valence-electron chi connectivity index (χ2n) is 5.54. The summed E-state index contributed by atoms with van der Waals surface area (Å²) in [6.07, 6.45) is 2.88. The fraction of sp³-hybridized carbons (Fsp3) is 0.357. The van der Waals surface area contributed by atoms with Crippen LogP contribution < -0.4 is 4.72 Å². The second-order valence-corrected chi connectivity index (χ2v) is 9.50. The third-order valence-corrected chi connectivity index (χ3v) is 7.36. The van der Waals surface area contributed by atoms with Crippen LogP contribution in [0.5, 0.6) is 0 Å². The van der Waals surface area contributed by atoms with Crippen molar-refractivity contribution in [1.82, 2.24) is 4.98 Å². The Kier molecular flexibility index (Phi) is 4.82. The first-order valence-electron chi connectivity index (χ1n) is 6.92. The molecule has 0 saturated carbocycles. The summed E-state index contributed by atoms with van der Waals surface area (Å²) in [4.78, 5) is 5.42. The summed E-state index contributed by atoms with van der Waals surface area (Å²) >= 11 is 19.1. The molecule has 2 aromatic rings. The predicted molar refractivity (Wildman–Crippen MR) is 95.6 cm³/mol. The maximum absolute atomic E-state index is 12.5. The van der Waals surface area contributed by atoms with Crippen LogP contribution in [0.1, 0.15) is 23.9 Å². The Morgan fingerprint density at radius 1 is 1.22 bits per heavy atom. The zero-order chi connectivity index (χ0) is 16.8. The molecule has 0 bridgehead atoms. The van der Waals surface area contributed by atoms with Crippen LogP contribution in [0.3, 0.4) is 0 Å². The minimum atomic E-state index is -3.87. The van der Waals surface area contributed by atoms with Crippen LogP contribution in [-0.2, 0) is 22.9 Å². The van der Waals surface area contributed by atoms with Gasteiger partial charge in [0.05, 0.1) is 20.8 Å². The number of benzene rings is 1. The van der Waals surface area contributed by atoms with Gasteiger partial charge in [-0.15, -0.1) is 11.3 Å². The fourth-order valence-electron chi connectivity index (χ4n) is 2.46. The SMILES string of the molecule is CC1CCc2nc(NS(=O)(=O)c3cc(Cl)c(Cl)cc3Cl)sc2C1. The molecule has 9 heteroatoms. The molecule has 0 fully saturated rings. The molecule has 0 saturated heterocycles. The zero-order valence-corrected chi connectivity index (χ0v) is 16.0. The Labute approximate surface area is 153 Å². The first-order chi connectivity index (χ1) is 10.8. The van der Waals surface area contributed by atoms with Crippen molar-refractivity contribution in [2.75, 3.05) is 4.72 Å². The molecule has 1 aliphatic rings. The number of nitrogens with zero attached hydrogens (tertiary/aromatic N) is 1. The van der Waals surface area contributed by atoms with E-state index in [1.807, 2.05) is 0 Å². The van der Waals surface area contributed by atoms with Gasteiger partial charge in [0.25, 0.3) is 10.0 Å². The van der Waals surface area contributed by atoms with Crippen LogP contribution in [0.15, 0.2) is 17.0 Å². The zero-order valence-electron chi connectivity index (χ0n) is 12.1. The summed E-state index contributed by atoms with van der Waals surface area (Å²) in [6.45, 7) is 2.18. The third kappa shape index (κ3) is 3.61. The van der Waals surface area contributed by atoms with Crippen LogP contribution in [0.2, 0.25) is 15.1 Å². The van der Waals surface area contributed by atoms with Crippen molar-refractivity contribution in [3.8, 4) is 0 Å². The van der Waals surface area contributed by atoms with Gasteiger partial charge in [0, 0.05) is 4.88 Å². The molecule has 23 heavy (non-hydrogen) atoms. The molecule has 0 amide bonds. The number of anilines is 1. The van der Waals surface area contributed by atoms with E-state index in [-0.39, 0.29) is 20.0 Å². The summed E-state index contributed by atoms with van der Waals surface area (Å²) in [5.74, 6) is 0.594. The van der Waals surface area contributed by atoms with E-state index in [1.54, 1.807) is 0 Å². The van der Waals surface area contributed by atoms with Gasteiger partial charge in [-0.2, -0.15) is 0 Å². The molecule has 1 atom stereocenters. The Bertz CT molecular complexity index is 865. The second kappa shape index (κ2) is 6.41. The summed E-state index contributed by atoms with van der Waals surface area (Å²) in [6, 6.07) is 2.55. The van der Waals surface area contributed by atoms with Crippen molar-refractivity contribution in [2.45, 2.75) is 31.1 Å². The van der Waals surface area contributed by atoms with Gasteiger partial charge < -0.3 is 0 Å². The number of sulfonamides is 1. The molecular formula is C14H13Cl3N2O2S2. The monoisotopic (exact) mass is 410 g/mol. The first kappa shape index (κ1) is 17.3. The smallest absolute Gasteiger partial charge is 0.255 e. The van der Waals surface area contributed by atoms with Gasteiger partial charge in [-0.1, -0.05) is 41.7 Å². The molecule has 0 radical (unpaired) electrons. The van der Waals surface area contributed by atoms with E-state index in [0.717, 1.165) is 29.8 Å². The van der Waals surface area contributed by atoms with Crippen LogP contribution >= 0.6 is 46.1 Å². The maximum atomic E-state index is 12.5. The number of thiazole rings is 1. The molecular weight excluding hydrogens is 399 g/mol. The van der Waals surface area contributed by atoms with Crippen molar-refractivity contribution in [3.63, 3.8) is 0 Å². The minimum absolute atomic E-state index is 0.0156. The molecule has 3 rings (SSSR count). The normalized spacial score (nSPS) is 17.8. The Hall–Kier alpha value is -0.530. The first-order valence-corrected chi connectivity index (χ1v) is 10.4. The van der Waals surface area contributed by atoms with Gasteiger partial charge in [-0.25, -0.2) is 13.4 Å². The minimum Gasteiger partial charge on any atom is -0.255 e. The van der Waals surface area contributed by atoms with E-state index in [4.69, 9.17) is 34.8 Å². The molecule has 1 N–H and O–H groups in total. The predicted octanol–water partition coefficient (Wildman–Crippen LogP) is 5.03. The Balaban J connectivity index is 1.92. The van der Waals surface area contributed by atoms with E-state index >= 15 is 0 Å². The van der Waals surface area contributed by atoms with Crippen LogP contribution in [0, 0.1) is 5.92 Å². The molecule has 0 aliphatic heterocycles. The van der Waals surface area contributed by atoms with Crippen LogP contribution in [-0.4, -0.2) is 13.4 Å². The lowest BCUT2D eigenvalue weighted by Crippen LogP contribution is -2.13. The fourth-order valence-corrected chi connectivity index (χ4v) is 5.87. The van der Waals surface area contributed by atoms with E-state index < -0.39 is 10.0 Å². The van der Waals surface area contributed by atoms with Gasteiger partial charge in [0.1, 0.15) is 4.90 Å². The maximum Gasteiger partial charge on any atom is 0.265 e. The summed E-state index contributed by atoms with van der Waals surface area (Å²) in [5.41, 5.74) is 0.978. The average Bonchev–Trinajstić information content (AvgIpc) is 2.83.